The van der Waals surface area contributed by atoms with Crippen molar-refractivity contribution in [1.82, 2.24) is 10.3 Å². The highest BCUT2D eigenvalue weighted by Crippen LogP contribution is 2.29. The number of aromatic nitrogens is 1. The molecule has 4 rings (SSSR count). The standard InChI is InChI=1S/C28H29N3O3S/c1-4-14-33-23-11-7-8-20(16-23)26(32)31-28(35)29-22-10-6-9-21(15-22)27-30-24-17-19(18(3)5-2)12-13-25(24)34-27/h6-13,15-18H,4-5,14H2,1-3H3,(H2,29,31,32,35)/t18-/m0/s1. The molecule has 0 radical (unpaired) electrons. The van der Waals surface area contributed by atoms with E-state index in [1.54, 1.807) is 18.2 Å². The van der Waals surface area contributed by atoms with Gasteiger partial charge in [0.2, 0.25) is 5.89 Å². The number of carbonyl (C=O) groups is 1. The fourth-order valence-electron chi connectivity index (χ4n) is 3.62. The number of carbonyl (C=O) groups excluding carboxylic acids is 1. The summed E-state index contributed by atoms with van der Waals surface area (Å²) in [4.78, 5) is 17.3. The number of oxazole rings is 1. The first-order valence-electron chi connectivity index (χ1n) is 11.8. The number of benzene rings is 3. The van der Waals surface area contributed by atoms with Crippen molar-refractivity contribution < 1.29 is 13.9 Å². The number of rotatable bonds is 8. The second-order valence-electron chi connectivity index (χ2n) is 8.42. The van der Waals surface area contributed by atoms with Gasteiger partial charge in [0.05, 0.1) is 6.61 Å². The van der Waals surface area contributed by atoms with E-state index in [4.69, 9.17) is 21.4 Å². The van der Waals surface area contributed by atoms with E-state index in [1.807, 2.05) is 43.3 Å². The molecule has 0 fully saturated rings. The Labute approximate surface area is 210 Å². The van der Waals surface area contributed by atoms with Crippen molar-refractivity contribution in [2.45, 2.75) is 39.5 Å². The van der Waals surface area contributed by atoms with Crippen LogP contribution in [0.5, 0.6) is 5.75 Å². The fraction of sp³-hybridized carbons (Fsp3) is 0.250. The molecule has 1 atom stereocenters. The minimum Gasteiger partial charge on any atom is -0.494 e. The van der Waals surface area contributed by atoms with E-state index in [-0.39, 0.29) is 11.0 Å². The molecule has 180 valence electrons. The normalized spacial score (nSPS) is 11.7. The van der Waals surface area contributed by atoms with Gasteiger partial charge >= 0.3 is 0 Å². The van der Waals surface area contributed by atoms with Crippen LogP contribution in [0.1, 0.15) is 55.5 Å². The number of fused-ring (bicyclic) bond motifs is 1. The molecule has 0 saturated carbocycles. The predicted octanol–water partition coefficient (Wildman–Crippen LogP) is 6.92. The van der Waals surface area contributed by atoms with Gasteiger partial charge in [0.1, 0.15) is 11.3 Å². The Morgan fingerprint density at radius 2 is 1.91 bits per heavy atom. The summed E-state index contributed by atoms with van der Waals surface area (Å²) in [6.45, 7) is 7.01. The molecule has 7 heteroatoms. The SMILES string of the molecule is CCCOc1cccc(C(=O)NC(=S)Nc2cccc(-c3nc4cc([C@@H](C)CC)ccc4o3)c2)c1. The lowest BCUT2D eigenvalue weighted by molar-refractivity contribution is 0.0977. The van der Waals surface area contributed by atoms with Crippen molar-refractivity contribution >= 4 is 40.0 Å². The lowest BCUT2D eigenvalue weighted by atomic mass is 9.98. The number of nitrogens with one attached hydrogen (secondary N) is 2. The zero-order valence-electron chi connectivity index (χ0n) is 20.1. The maximum absolute atomic E-state index is 12.6. The molecule has 35 heavy (non-hydrogen) atoms. The second-order valence-corrected chi connectivity index (χ2v) is 8.83. The second kappa shape index (κ2) is 11.1. The van der Waals surface area contributed by atoms with Crippen LogP contribution >= 0.6 is 12.2 Å². The first-order chi connectivity index (χ1) is 17.0. The maximum Gasteiger partial charge on any atom is 0.257 e. The monoisotopic (exact) mass is 487 g/mol. The van der Waals surface area contributed by atoms with E-state index >= 15 is 0 Å². The summed E-state index contributed by atoms with van der Waals surface area (Å²) >= 11 is 5.36. The summed E-state index contributed by atoms with van der Waals surface area (Å²) in [5, 5.41) is 5.98. The summed E-state index contributed by atoms with van der Waals surface area (Å²) in [5.74, 6) is 1.34. The lowest BCUT2D eigenvalue weighted by Crippen LogP contribution is -2.34. The van der Waals surface area contributed by atoms with Crippen LogP contribution in [0.15, 0.2) is 71.1 Å². The first kappa shape index (κ1) is 24.4. The minimum atomic E-state index is -0.309. The molecule has 3 aromatic carbocycles. The Hall–Kier alpha value is -3.71. The van der Waals surface area contributed by atoms with E-state index in [0.29, 0.717) is 29.7 Å². The Morgan fingerprint density at radius 3 is 2.71 bits per heavy atom. The van der Waals surface area contributed by atoms with Crippen molar-refractivity contribution in [3.63, 3.8) is 0 Å². The van der Waals surface area contributed by atoms with Gasteiger partial charge in [-0.05, 0) is 85.1 Å². The quantitative estimate of drug-likeness (QED) is 0.263. The first-order valence-corrected chi connectivity index (χ1v) is 12.2. The van der Waals surface area contributed by atoms with Crippen molar-refractivity contribution in [3.8, 4) is 17.2 Å². The molecule has 1 amide bonds. The molecule has 0 bridgehead atoms. The summed E-state index contributed by atoms with van der Waals surface area (Å²) in [7, 11) is 0. The number of nitrogens with zero attached hydrogens (tertiary/aromatic N) is 1. The Morgan fingerprint density at radius 1 is 1.09 bits per heavy atom. The number of amides is 1. The molecule has 6 nitrogen and oxygen atoms in total. The molecule has 0 saturated heterocycles. The smallest absolute Gasteiger partial charge is 0.257 e. The summed E-state index contributed by atoms with van der Waals surface area (Å²) in [5.41, 5.74) is 4.84. The van der Waals surface area contributed by atoms with Gasteiger partial charge in [-0.2, -0.15) is 0 Å². The number of thiocarbonyl (C=S) groups is 1. The molecule has 0 aliphatic rings. The van der Waals surface area contributed by atoms with Gasteiger partial charge in [-0.1, -0.05) is 39.0 Å². The summed E-state index contributed by atoms with van der Waals surface area (Å²) in [6.07, 6.45) is 1.96. The third-order valence-electron chi connectivity index (χ3n) is 5.76. The van der Waals surface area contributed by atoms with E-state index in [2.05, 4.69) is 41.6 Å². The van der Waals surface area contributed by atoms with E-state index in [1.165, 1.54) is 5.56 Å². The zero-order chi connectivity index (χ0) is 24.8. The molecule has 0 aliphatic carbocycles. The van der Waals surface area contributed by atoms with E-state index < -0.39 is 0 Å². The van der Waals surface area contributed by atoms with Crippen molar-refractivity contribution in [1.29, 1.82) is 0 Å². The van der Waals surface area contributed by atoms with Crippen LogP contribution in [0, 0.1) is 0 Å². The van der Waals surface area contributed by atoms with Crippen LogP contribution in [0.3, 0.4) is 0 Å². The Bertz CT molecular complexity index is 1350. The number of ether oxygens (including phenoxy) is 1. The van der Waals surface area contributed by atoms with E-state index in [9.17, 15) is 4.79 Å². The van der Waals surface area contributed by atoms with Gasteiger partial charge in [-0.15, -0.1) is 0 Å². The largest absolute Gasteiger partial charge is 0.494 e. The van der Waals surface area contributed by atoms with Gasteiger partial charge < -0.3 is 14.5 Å². The highest BCUT2D eigenvalue weighted by Gasteiger charge is 2.13. The average Bonchev–Trinajstić information content (AvgIpc) is 3.31. The van der Waals surface area contributed by atoms with Crippen LogP contribution in [0.25, 0.3) is 22.6 Å². The summed E-state index contributed by atoms with van der Waals surface area (Å²) in [6, 6.07) is 20.8. The minimum absolute atomic E-state index is 0.197. The maximum atomic E-state index is 12.6. The van der Waals surface area contributed by atoms with Gasteiger partial charge in [-0.25, -0.2) is 4.98 Å². The number of hydrogen-bond acceptors (Lipinski definition) is 5. The fourth-order valence-corrected chi connectivity index (χ4v) is 3.84. The van der Waals surface area contributed by atoms with Crippen molar-refractivity contribution in [2.24, 2.45) is 0 Å². The van der Waals surface area contributed by atoms with Gasteiger partial charge in [0.15, 0.2) is 10.7 Å². The number of anilines is 1. The molecular formula is C28H29N3O3S. The van der Waals surface area contributed by atoms with E-state index in [0.717, 1.165) is 35.2 Å². The third kappa shape index (κ3) is 6.05. The Balaban J connectivity index is 1.44. The van der Waals surface area contributed by atoms with Crippen LogP contribution in [-0.2, 0) is 0 Å². The molecule has 0 unspecified atom stereocenters. The van der Waals surface area contributed by atoms with Crippen LogP contribution in [0.4, 0.5) is 5.69 Å². The molecule has 4 aromatic rings. The molecule has 0 aliphatic heterocycles. The van der Waals surface area contributed by atoms with Gasteiger partial charge in [0.25, 0.3) is 5.91 Å². The molecule has 1 heterocycles. The zero-order valence-corrected chi connectivity index (χ0v) is 20.9. The van der Waals surface area contributed by atoms with Crippen LogP contribution in [-0.4, -0.2) is 22.6 Å². The molecule has 1 aromatic heterocycles. The van der Waals surface area contributed by atoms with Crippen LogP contribution < -0.4 is 15.4 Å². The summed E-state index contributed by atoms with van der Waals surface area (Å²) < 4.78 is 11.6. The molecule has 0 spiro atoms. The van der Waals surface area contributed by atoms with Crippen molar-refractivity contribution in [2.75, 3.05) is 11.9 Å². The van der Waals surface area contributed by atoms with Crippen LogP contribution in [0.2, 0.25) is 0 Å². The predicted molar refractivity (Wildman–Crippen MR) is 144 cm³/mol. The lowest BCUT2D eigenvalue weighted by Gasteiger charge is -2.11. The number of hydrogen-bond donors (Lipinski definition) is 2. The average molecular weight is 488 g/mol. The van der Waals surface area contributed by atoms with Crippen molar-refractivity contribution in [3.05, 3.63) is 77.9 Å². The molecule has 2 N–H and O–H groups in total. The van der Waals surface area contributed by atoms with Gasteiger partial charge in [-0.3, -0.25) is 10.1 Å². The molecular weight excluding hydrogens is 458 g/mol. The highest BCUT2D eigenvalue weighted by atomic mass is 32.1. The van der Waals surface area contributed by atoms with Gasteiger partial charge in [0, 0.05) is 16.8 Å². The third-order valence-corrected chi connectivity index (χ3v) is 5.96. The highest BCUT2D eigenvalue weighted by molar-refractivity contribution is 7.80. The Kier molecular flexibility index (Phi) is 7.77. The topological polar surface area (TPSA) is 76.4 Å².